The summed E-state index contributed by atoms with van der Waals surface area (Å²) in [6.07, 6.45) is 2.92. The minimum atomic E-state index is 0.281. The second kappa shape index (κ2) is 8.78. The molecule has 0 bridgehead atoms. The molecule has 0 aliphatic carbocycles. The Bertz CT molecular complexity index is 425. The molecular weight excluding hydrogens is 306 g/mol. The number of hydrogen-bond donors (Lipinski definition) is 1. The fourth-order valence-corrected chi connectivity index (χ4v) is 3.75. The van der Waals surface area contributed by atoms with E-state index in [1.807, 2.05) is 9.80 Å². The van der Waals surface area contributed by atoms with Crippen molar-refractivity contribution >= 4 is 11.8 Å². The average molecular weight is 337 g/mol. The van der Waals surface area contributed by atoms with Gasteiger partial charge in [0, 0.05) is 78.4 Å². The Labute approximate surface area is 144 Å². The van der Waals surface area contributed by atoms with E-state index < -0.39 is 0 Å². The van der Waals surface area contributed by atoms with Gasteiger partial charge in [0.1, 0.15) is 0 Å². The van der Waals surface area contributed by atoms with Crippen molar-refractivity contribution in [2.24, 2.45) is 0 Å². The fraction of sp³-hybridized carbons (Fsp3) is 0.882. The molecule has 3 saturated heterocycles. The summed E-state index contributed by atoms with van der Waals surface area (Å²) in [6.45, 7) is 10.6. The van der Waals surface area contributed by atoms with Crippen LogP contribution in [0.3, 0.4) is 0 Å². The smallest absolute Gasteiger partial charge is 0.236 e. The molecule has 1 N–H and O–H groups in total. The lowest BCUT2D eigenvalue weighted by Crippen LogP contribution is -2.51. The van der Waals surface area contributed by atoms with Gasteiger partial charge in [-0.2, -0.15) is 0 Å². The molecule has 0 radical (unpaired) electrons. The molecular formula is C17H31N5O2. The Balaban J connectivity index is 1.31. The summed E-state index contributed by atoms with van der Waals surface area (Å²) in [5.74, 6) is 0.568. The number of amides is 2. The standard InChI is InChI=1S/C17H31N5O2/c23-16(22-9-4-18-5-10-22)3-8-19-11-13-20(14-12-19)15-17(24)21-6-1-2-7-21/h18H,1-15H2. The van der Waals surface area contributed by atoms with Gasteiger partial charge in [0.25, 0.3) is 0 Å². The fourth-order valence-electron chi connectivity index (χ4n) is 3.75. The molecule has 0 aromatic rings. The highest BCUT2D eigenvalue weighted by Crippen LogP contribution is 2.09. The number of hydrogen-bond acceptors (Lipinski definition) is 5. The number of nitrogens with zero attached hydrogens (tertiary/aromatic N) is 4. The molecule has 24 heavy (non-hydrogen) atoms. The summed E-state index contributed by atoms with van der Waals surface area (Å²) in [6, 6.07) is 0. The lowest BCUT2D eigenvalue weighted by Gasteiger charge is -2.35. The largest absolute Gasteiger partial charge is 0.342 e. The van der Waals surface area contributed by atoms with Crippen molar-refractivity contribution in [1.29, 1.82) is 0 Å². The first-order valence-corrected chi connectivity index (χ1v) is 9.43. The Morgan fingerprint density at radius 3 is 1.96 bits per heavy atom. The van der Waals surface area contributed by atoms with Gasteiger partial charge in [-0.05, 0) is 12.8 Å². The van der Waals surface area contributed by atoms with Crippen LogP contribution in [0.1, 0.15) is 19.3 Å². The zero-order valence-corrected chi connectivity index (χ0v) is 14.7. The van der Waals surface area contributed by atoms with E-state index in [1.165, 1.54) is 0 Å². The van der Waals surface area contributed by atoms with Gasteiger partial charge in [-0.15, -0.1) is 0 Å². The van der Waals surface area contributed by atoms with E-state index in [-0.39, 0.29) is 11.8 Å². The van der Waals surface area contributed by atoms with E-state index in [1.54, 1.807) is 0 Å². The van der Waals surface area contributed by atoms with Crippen LogP contribution in [-0.4, -0.2) is 110 Å². The Morgan fingerprint density at radius 2 is 1.29 bits per heavy atom. The molecule has 7 nitrogen and oxygen atoms in total. The highest BCUT2D eigenvalue weighted by Gasteiger charge is 2.24. The highest BCUT2D eigenvalue weighted by molar-refractivity contribution is 5.78. The topological polar surface area (TPSA) is 59.1 Å². The number of carbonyl (C=O) groups excluding carboxylic acids is 2. The van der Waals surface area contributed by atoms with Crippen molar-refractivity contribution in [1.82, 2.24) is 24.9 Å². The number of nitrogens with one attached hydrogen (secondary N) is 1. The molecule has 0 unspecified atom stereocenters. The van der Waals surface area contributed by atoms with Crippen LogP contribution in [-0.2, 0) is 9.59 Å². The third-order valence-electron chi connectivity index (χ3n) is 5.39. The van der Waals surface area contributed by atoms with Gasteiger partial charge in [-0.25, -0.2) is 0 Å². The van der Waals surface area contributed by atoms with E-state index in [0.717, 1.165) is 84.8 Å². The van der Waals surface area contributed by atoms with Crippen molar-refractivity contribution in [3.63, 3.8) is 0 Å². The molecule has 3 fully saturated rings. The normalized spacial score (nSPS) is 23.7. The number of likely N-dealkylation sites (tertiary alicyclic amines) is 1. The van der Waals surface area contributed by atoms with Crippen LogP contribution in [0.25, 0.3) is 0 Å². The van der Waals surface area contributed by atoms with Crippen molar-refractivity contribution in [2.75, 3.05) is 78.5 Å². The Hall–Kier alpha value is -1.18. The average Bonchev–Trinajstić information content (AvgIpc) is 3.16. The maximum absolute atomic E-state index is 12.2. The van der Waals surface area contributed by atoms with E-state index >= 15 is 0 Å². The van der Waals surface area contributed by atoms with Crippen molar-refractivity contribution in [2.45, 2.75) is 19.3 Å². The van der Waals surface area contributed by atoms with Crippen molar-refractivity contribution in [3.8, 4) is 0 Å². The lowest BCUT2D eigenvalue weighted by atomic mass is 10.2. The summed E-state index contributed by atoms with van der Waals surface area (Å²) in [4.78, 5) is 33.0. The zero-order chi connectivity index (χ0) is 16.8. The highest BCUT2D eigenvalue weighted by atomic mass is 16.2. The van der Waals surface area contributed by atoms with E-state index in [4.69, 9.17) is 0 Å². The van der Waals surface area contributed by atoms with Gasteiger partial charge in [-0.3, -0.25) is 14.5 Å². The summed E-state index contributed by atoms with van der Waals surface area (Å²) < 4.78 is 0. The molecule has 3 aliphatic rings. The van der Waals surface area contributed by atoms with Crippen LogP contribution in [0.2, 0.25) is 0 Å². The maximum atomic E-state index is 12.2. The summed E-state index contributed by atoms with van der Waals surface area (Å²) in [5.41, 5.74) is 0. The van der Waals surface area contributed by atoms with Crippen molar-refractivity contribution in [3.05, 3.63) is 0 Å². The predicted molar refractivity (Wildman–Crippen MR) is 92.8 cm³/mol. The van der Waals surface area contributed by atoms with E-state index in [2.05, 4.69) is 15.1 Å². The minimum absolute atomic E-state index is 0.281. The van der Waals surface area contributed by atoms with Gasteiger partial charge < -0.3 is 20.0 Å². The quantitative estimate of drug-likeness (QED) is 0.701. The molecule has 0 saturated carbocycles. The van der Waals surface area contributed by atoms with Crippen LogP contribution in [0.4, 0.5) is 0 Å². The van der Waals surface area contributed by atoms with Crippen molar-refractivity contribution < 1.29 is 9.59 Å². The first kappa shape index (κ1) is 17.6. The second-order valence-electron chi connectivity index (χ2n) is 7.09. The first-order valence-electron chi connectivity index (χ1n) is 9.43. The van der Waals surface area contributed by atoms with Crippen LogP contribution in [0.5, 0.6) is 0 Å². The van der Waals surface area contributed by atoms with Gasteiger partial charge in [0.15, 0.2) is 0 Å². The molecule has 3 aliphatic heterocycles. The van der Waals surface area contributed by atoms with Crippen LogP contribution in [0, 0.1) is 0 Å². The molecule has 7 heteroatoms. The molecule has 0 aromatic carbocycles. The summed E-state index contributed by atoms with van der Waals surface area (Å²) in [7, 11) is 0. The third-order valence-corrected chi connectivity index (χ3v) is 5.39. The molecule has 3 rings (SSSR count). The zero-order valence-electron chi connectivity index (χ0n) is 14.7. The van der Waals surface area contributed by atoms with Gasteiger partial charge in [0.2, 0.25) is 11.8 Å². The molecule has 0 aromatic heterocycles. The number of carbonyl (C=O) groups is 2. The van der Waals surface area contributed by atoms with Crippen LogP contribution < -0.4 is 5.32 Å². The van der Waals surface area contributed by atoms with Gasteiger partial charge in [-0.1, -0.05) is 0 Å². The molecule has 136 valence electrons. The molecule has 0 atom stereocenters. The third kappa shape index (κ3) is 4.91. The Morgan fingerprint density at radius 1 is 0.708 bits per heavy atom. The molecule has 0 spiro atoms. The predicted octanol–water partition coefficient (Wildman–Crippen LogP) is -0.952. The molecule has 2 amide bonds. The first-order chi connectivity index (χ1) is 11.7. The second-order valence-corrected chi connectivity index (χ2v) is 7.09. The van der Waals surface area contributed by atoms with Gasteiger partial charge in [0.05, 0.1) is 6.54 Å². The van der Waals surface area contributed by atoms with E-state index in [9.17, 15) is 9.59 Å². The summed E-state index contributed by atoms with van der Waals surface area (Å²) >= 11 is 0. The van der Waals surface area contributed by atoms with Gasteiger partial charge >= 0.3 is 0 Å². The SMILES string of the molecule is O=C(CCN1CCN(CC(=O)N2CCCC2)CC1)N1CCNCC1. The number of piperazine rings is 2. The summed E-state index contributed by atoms with van der Waals surface area (Å²) in [5, 5.41) is 3.27. The maximum Gasteiger partial charge on any atom is 0.236 e. The van der Waals surface area contributed by atoms with Crippen LogP contribution in [0.15, 0.2) is 0 Å². The lowest BCUT2D eigenvalue weighted by molar-refractivity contribution is -0.132. The number of rotatable bonds is 5. The molecule has 3 heterocycles. The minimum Gasteiger partial charge on any atom is -0.342 e. The van der Waals surface area contributed by atoms with Crippen LogP contribution >= 0.6 is 0 Å². The Kier molecular flexibility index (Phi) is 6.45. The monoisotopic (exact) mass is 337 g/mol. The van der Waals surface area contributed by atoms with E-state index in [0.29, 0.717) is 13.0 Å².